The van der Waals surface area contributed by atoms with Gasteiger partial charge in [-0.15, -0.1) is 0 Å². The Labute approximate surface area is 205 Å². The lowest BCUT2D eigenvalue weighted by atomic mass is 10.0. The third-order valence-electron chi connectivity index (χ3n) is 6.40. The van der Waals surface area contributed by atoms with Crippen molar-refractivity contribution in [2.75, 3.05) is 52.1 Å². The maximum absolute atomic E-state index is 13.2. The SMILES string of the molecule is COc1ccc(C(CNC(=O)C2=NN(c3ccccc3)C(C(C)=O)C2)N2CCOCC2)cc1OC. The summed E-state index contributed by atoms with van der Waals surface area (Å²) in [5.41, 5.74) is 2.14. The minimum Gasteiger partial charge on any atom is -0.493 e. The van der Waals surface area contributed by atoms with Crippen LogP contribution in [0.3, 0.4) is 0 Å². The van der Waals surface area contributed by atoms with Crippen LogP contribution in [0.2, 0.25) is 0 Å². The molecule has 1 amide bonds. The number of hydrogen-bond acceptors (Lipinski definition) is 8. The van der Waals surface area contributed by atoms with E-state index in [4.69, 9.17) is 14.2 Å². The molecule has 1 fully saturated rings. The van der Waals surface area contributed by atoms with Gasteiger partial charge in [0.25, 0.3) is 5.91 Å². The van der Waals surface area contributed by atoms with Crippen LogP contribution in [0.5, 0.6) is 11.5 Å². The van der Waals surface area contributed by atoms with Crippen LogP contribution < -0.4 is 19.8 Å². The largest absolute Gasteiger partial charge is 0.493 e. The minimum absolute atomic E-state index is 0.0306. The number of nitrogens with one attached hydrogen (secondary N) is 1. The van der Waals surface area contributed by atoms with Crippen molar-refractivity contribution in [3.63, 3.8) is 0 Å². The monoisotopic (exact) mass is 480 g/mol. The van der Waals surface area contributed by atoms with Crippen molar-refractivity contribution >= 4 is 23.1 Å². The predicted octanol–water partition coefficient (Wildman–Crippen LogP) is 2.42. The zero-order valence-corrected chi connectivity index (χ0v) is 20.4. The average Bonchev–Trinajstić information content (AvgIpc) is 3.36. The molecule has 4 rings (SSSR count). The molecule has 0 spiro atoms. The molecular weight excluding hydrogens is 448 g/mol. The van der Waals surface area contributed by atoms with Gasteiger partial charge in [-0.3, -0.25) is 19.5 Å². The molecule has 9 heteroatoms. The van der Waals surface area contributed by atoms with Crippen LogP contribution in [0.25, 0.3) is 0 Å². The summed E-state index contributed by atoms with van der Waals surface area (Å²) in [7, 11) is 3.21. The molecule has 2 aromatic rings. The molecule has 186 valence electrons. The number of nitrogens with zero attached hydrogens (tertiary/aromatic N) is 3. The molecule has 35 heavy (non-hydrogen) atoms. The van der Waals surface area contributed by atoms with E-state index in [2.05, 4.69) is 15.3 Å². The topological polar surface area (TPSA) is 92.7 Å². The van der Waals surface area contributed by atoms with Crippen molar-refractivity contribution < 1.29 is 23.8 Å². The van der Waals surface area contributed by atoms with E-state index >= 15 is 0 Å². The molecule has 2 aliphatic heterocycles. The lowest BCUT2D eigenvalue weighted by Gasteiger charge is -2.35. The summed E-state index contributed by atoms with van der Waals surface area (Å²) in [4.78, 5) is 27.7. The van der Waals surface area contributed by atoms with Crippen LogP contribution in [0, 0.1) is 0 Å². The molecule has 2 unspecified atom stereocenters. The van der Waals surface area contributed by atoms with Crippen LogP contribution in [0.1, 0.15) is 24.9 Å². The molecule has 2 aromatic carbocycles. The van der Waals surface area contributed by atoms with Crippen LogP contribution in [-0.4, -0.2) is 75.4 Å². The number of Topliss-reactive ketones (excluding diaryl/α,β-unsaturated/α-hetero) is 1. The van der Waals surface area contributed by atoms with E-state index in [1.54, 1.807) is 19.2 Å². The number of para-hydroxylation sites is 1. The van der Waals surface area contributed by atoms with Crippen molar-refractivity contribution in [1.82, 2.24) is 10.2 Å². The number of methoxy groups -OCH3 is 2. The molecule has 2 aliphatic rings. The molecule has 0 aromatic heterocycles. The number of amides is 1. The van der Waals surface area contributed by atoms with E-state index in [0.717, 1.165) is 24.3 Å². The van der Waals surface area contributed by atoms with Crippen LogP contribution in [0.15, 0.2) is 53.6 Å². The van der Waals surface area contributed by atoms with Gasteiger partial charge in [0, 0.05) is 26.1 Å². The van der Waals surface area contributed by atoms with Gasteiger partial charge in [-0.2, -0.15) is 5.10 Å². The molecular formula is C26H32N4O5. The normalized spacial score (nSPS) is 19.1. The lowest BCUT2D eigenvalue weighted by Crippen LogP contribution is -2.44. The van der Waals surface area contributed by atoms with E-state index in [-0.39, 0.29) is 24.2 Å². The summed E-state index contributed by atoms with van der Waals surface area (Å²) in [6.07, 6.45) is 0.272. The number of benzene rings is 2. The van der Waals surface area contributed by atoms with E-state index in [1.165, 1.54) is 6.92 Å². The Hall–Kier alpha value is -3.43. The number of ether oxygens (including phenoxy) is 3. The van der Waals surface area contributed by atoms with Crippen molar-refractivity contribution in [3.8, 4) is 11.5 Å². The third-order valence-corrected chi connectivity index (χ3v) is 6.40. The highest BCUT2D eigenvalue weighted by Crippen LogP contribution is 2.32. The summed E-state index contributed by atoms with van der Waals surface area (Å²) in [5, 5.41) is 9.22. The van der Waals surface area contributed by atoms with E-state index in [9.17, 15) is 9.59 Å². The summed E-state index contributed by atoms with van der Waals surface area (Å²) < 4.78 is 16.4. The van der Waals surface area contributed by atoms with E-state index < -0.39 is 6.04 Å². The Balaban J connectivity index is 1.52. The Bertz CT molecular complexity index is 1070. The van der Waals surface area contributed by atoms with Gasteiger partial charge in [-0.25, -0.2) is 0 Å². The second-order valence-electron chi connectivity index (χ2n) is 8.55. The fraction of sp³-hybridized carbons (Fsp3) is 0.423. The summed E-state index contributed by atoms with van der Waals surface area (Å²) in [6, 6.07) is 14.7. The fourth-order valence-electron chi connectivity index (χ4n) is 4.48. The highest BCUT2D eigenvalue weighted by atomic mass is 16.5. The smallest absolute Gasteiger partial charge is 0.267 e. The van der Waals surface area contributed by atoms with Gasteiger partial charge in [0.1, 0.15) is 11.8 Å². The molecule has 2 heterocycles. The summed E-state index contributed by atoms with van der Waals surface area (Å²) in [5.74, 6) is 0.987. The molecule has 1 N–H and O–H groups in total. The van der Waals surface area contributed by atoms with E-state index in [1.807, 2.05) is 48.5 Å². The maximum atomic E-state index is 13.2. The first-order chi connectivity index (χ1) is 17.0. The van der Waals surface area contributed by atoms with Crippen LogP contribution >= 0.6 is 0 Å². The second-order valence-corrected chi connectivity index (χ2v) is 8.55. The highest BCUT2D eigenvalue weighted by molar-refractivity contribution is 6.40. The Morgan fingerprint density at radius 1 is 1.09 bits per heavy atom. The zero-order valence-electron chi connectivity index (χ0n) is 20.4. The summed E-state index contributed by atoms with van der Waals surface area (Å²) >= 11 is 0. The molecule has 0 radical (unpaired) electrons. The zero-order chi connectivity index (χ0) is 24.8. The number of carbonyl (C=O) groups is 2. The Kier molecular flexibility index (Phi) is 7.99. The van der Waals surface area contributed by atoms with Gasteiger partial charge in [0.15, 0.2) is 17.3 Å². The van der Waals surface area contributed by atoms with Gasteiger partial charge in [-0.1, -0.05) is 24.3 Å². The number of hydrogen-bond donors (Lipinski definition) is 1. The number of rotatable bonds is 9. The molecule has 0 aliphatic carbocycles. The van der Waals surface area contributed by atoms with Gasteiger partial charge in [0.05, 0.1) is 39.2 Å². The first kappa shape index (κ1) is 24.7. The Morgan fingerprint density at radius 3 is 2.46 bits per heavy atom. The Morgan fingerprint density at radius 2 is 1.80 bits per heavy atom. The number of hydrazone groups is 1. The molecule has 2 atom stereocenters. The van der Waals surface area contributed by atoms with Crippen LogP contribution in [-0.2, 0) is 14.3 Å². The number of anilines is 1. The van der Waals surface area contributed by atoms with E-state index in [0.29, 0.717) is 37.0 Å². The minimum atomic E-state index is -0.487. The third kappa shape index (κ3) is 5.63. The van der Waals surface area contributed by atoms with Crippen molar-refractivity contribution in [3.05, 3.63) is 54.1 Å². The highest BCUT2D eigenvalue weighted by Gasteiger charge is 2.34. The lowest BCUT2D eigenvalue weighted by molar-refractivity contribution is -0.118. The number of carbonyl (C=O) groups excluding carboxylic acids is 2. The standard InChI is InChI=1S/C26H32N4O5/c1-18(31)22-16-21(28-30(22)20-7-5-4-6-8-20)26(32)27-17-23(29-11-13-35-14-12-29)19-9-10-24(33-2)25(15-19)34-3/h4-10,15,22-23H,11-14,16-17H2,1-3H3,(H,27,32). The van der Waals surface area contributed by atoms with Gasteiger partial charge in [0.2, 0.25) is 0 Å². The first-order valence-electron chi connectivity index (χ1n) is 11.8. The fourth-order valence-corrected chi connectivity index (χ4v) is 4.48. The van der Waals surface area contributed by atoms with Gasteiger partial charge >= 0.3 is 0 Å². The summed E-state index contributed by atoms with van der Waals surface area (Å²) in [6.45, 7) is 4.69. The number of ketones is 1. The molecule has 0 bridgehead atoms. The average molecular weight is 481 g/mol. The molecule has 0 saturated carbocycles. The maximum Gasteiger partial charge on any atom is 0.267 e. The number of morpholine rings is 1. The second kappa shape index (κ2) is 11.3. The van der Waals surface area contributed by atoms with Gasteiger partial charge < -0.3 is 19.5 Å². The predicted molar refractivity (Wildman–Crippen MR) is 133 cm³/mol. The quantitative estimate of drug-likeness (QED) is 0.589. The molecule has 9 nitrogen and oxygen atoms in total. The van der Waals surface area contributed by atoms with Gasteiger partial charge in [-0.05, 0) is 36.8 Å². The van der Waals surface area contributed by atoms with Crippen molar-refractivity contribution in [1.29, 1.82) is 0 Å². The van der Waals surface area contributed by atoms with Crippen molar-refractivity contribution in [2.24, 2.45) is 5.10 Å². The first-order valence-corrected chi connectivity index (χ1v) is 11.8. The van der Waals surface area contributed by atoms with Crippen LogP contribution in [0.4, 0.5) is 5.69 Å². The molecule has 1 saturated heterocycles. The van der Waals surface area contributed by atoms with Crippen molar-refractivity contribution in [2.45, 2.75) is 25.4 Å².